The SMILES string of the molecule is C=C(C)c1ccc(C)cc1.CC.CC.CCc1cccc(CNC2=CC(c3ccccc3C)=C(/C(C)=C(\C)C=NC)C2)c1. The molecule has 0 amide bonds. The number of hydrogen-bond acceptors (Lipinski definition) is 2. The molecule has 0 aliphatic heterocycles. The number of nitrogens with zero attached hydrogens (tertiary/aromatic N) is 1. The summed E-state index contributed by atoms with van der Waals surface area (Å²) in [6.45, 7) is 25.6. The van der Waals surface area contributed by atoms with Crippen molar-refractivity contribution in [2.75, 3.05) is 7.05 Å². The van der Waals surface area contributed by atoms with Crippen LogP contribution in [-0.2, 0) is 13.0 Å². The molecule has 1 aliphatic carbocycles. The molecule has 0 saturated carbocycles. The fraction of sp³-hybridized carbons (Fsp3) is 0.341. The van der Waals surface area contributed by atoms with Gasteiger partial charge in [-0.15, -0.1) is 0 Å². The smallest absolute Gasteiger partial charge is 0.0398 e. The molecule has 0 heterocycles. The number of benzene rings is 3. The number of allylic oxidation sites excluding steroid dienone is 6. The van der Waals surface area contributed by atoms with Crippen LogP contribution in [0.5, 0.6) is 0 Å². The average Bonchev–Trinajstić information content (AvgIpc) is 3.46. The van der Waals surface area contributed by atoms with Crippen LogP contribution in [0, 0.1) is 13.8 Å². The zero-order valence-corrected chi connectivity index (χ0v) is 28.9. The van der Waals surface area contributed by atoms with Crippen LogP contribution in [-0.4, -0.2) is 13.3 Å². The second kappa shape index (κ2) is 20.1. The van der Waals surface area contributed by atoms with E-state index in [0.29, 0.717) is 0 Å². The first kappa shape index (κ1) is 37.1. The van der Waals surface area contributed by atoms with E-state index in [9.17, 15) is 0 Å². The molecule has 0 unspecified atom stereocenters. The van der Waals surface area contributed by atoms with Gasteiger partial charge in [0, 0.05) is 31.9 Å². The Balaban J connectivity index is 0.000000552. The Morgan fingerprint density at radius 2 is 1.49 bits per heavy atom. The van der Waals surface area contributed by atoms with Crippen molar-refractivity contribution in [3.63, 3.8) is 0 Å². The molecule has 43 heavy (non-hydrogen) atoms. The van der Waals surface area contributed by atoms with Crippen molar-refractivity contribution in [1.29, 1.82) is 0 Å². The van der Waals surface area contributed by atoms with Crippen molar-refractivity contribution < 1.29 is 0 Å². The van der Waals surface area contributed by atoms with Gasteiger partial charge in [0.25, 0.3) is 0 Å². The fourth-order valence-electron chi connectivity index (χ4n) is 4.70. The van der Waals surface area contributed by atoms with E-state index in [1.807, 2.05) is 47.9 Å². The summed E-state index contributed by atoms with van der Waals surface area (Å²) in [6.07, 6.45) is 6.29. The molecular weight excluding hydrogens is 520 g/mol. The Morgan fingerprint density at radius 1 is 0.860 bits per heavy atom. The quantitative estimate of drug-likeness (QED) is 0.265. The van der Waals surface area contributed by atoms with E-state index < -0.39 is 0 Å². The van der Waals surface area contributed by atoms with Crippen LogP contribution in [0.25, 0.3) is 11.1 Å². The third kappa shape index (κ3) is 11.7. The molecular formula is C41H56N2. The van der Waals surface area contributed by atoms with Crippen LogP contribution >= 0.6 is 0 Å². The number of aliphatic imine (C=N–C) groups is 1. The topological polar surface area (TPSA) is 24.4 Å². The predicted molar refractivity (Wildman–Crippen MR) is 195 cm³/mol. The Labute approximate surface area is 264 Å². The molecule has 0 spiro atoms. The van der Waals surface area contributed by atoms with Crippen molar-refractivity contribution in [3.05, 3.63) is 141 Å². The van der Waals surface area contributed by atoms with Crippen molar-refractivity contribution >= 4 is 17.4 Å². The monoisotopic (exact) mass is 576 g/mol. The van der Waals surface area contributed by atoms with Crippen LogP contribution in [0.2, 0.25) is 0 Å². The molecule has 3 aromatic carbocycles. The van der Waals surface area contributed by atoms with E-state index in [1.165, 1.54) is 61.4 Å². The molecule has 0 aromatic heterocycles. The number of nitrogens with one attached hydrogen (secondary N) is 1. The first-order chi connectivity index (χ1) is 20.7. The van der Waals surface area contributed by atoms with Gasteiger partial charge >= 0.3 is 0 Å². The first-order valence-electron chi connectivity index (χ1n) is 15.9. The number of hydrogen-bond donors (Lipinski definition) is 1. The Hall–Kier alpha value is -3.91. The maximum absolute atomic E-state index is 4.22. The van der Waals surface area contributed by atoms with Crippen LogP contribution in [0.15, 0.2) is 113 Å². The minimum atomic E-state index is 0.853. The fourth-order valence-corrected chi connectivity index (χ4v) is 4.70. The number of aryl methyl sites for hydroxylation is 3. The third-order valence-electron chi connectivity index (χ3n) is 7.28. The van der Waals surface area contributed by atoms with Gasteiger partial charge in [0.15, 0.2) is 0 Å². The minimum absolute atomic E-state index is 0.853. The molecule has 2 heteroatoms. The lowest BCUT2D eigenvalue weighted by Gasteiger charge is -2.13. The summed E-state index contributed by atoms with van der Waals surface area (Å²) in [4.78, 5) is 4.22. The maximum atomic E-state index is 4.22. The van der Waals surface area contributed by atoms with Crippen molar-refractivity contribution in [2.45, 2.75) is 88.6 Å². The lowest BCUT2D eigenvalue weighted by Crippen LogP contribution is -2.12. The largest absolute Gasteiger partial charge is 0.384 e. The van der Waals surface area contributed by atoms with Crippen molar-refractivity contribution in [3.8, 4) is 0 Å². The molecule has 0 atom stereocenters. The van der Waals surface area contributed by atoms with Gasteiger partial charge in [-0.1, -0.05) is 125 Å². The van der Waals surface area contributed by atoms with E-state index in [4.69, 9.17) is 0 Å². The Morgan fingerprint density at radius 3 is 2.07 bits per heavy atom. The van der Waals surface area contributed by atoms with Crippen molar-refractivity contribution in [2.24, 2.45) is 4.99 Å². The molecule has 1 aliphatic rings. The van der Waals surface area contributed by atoms with E-state index in [-0.39, 0.29) is 0 Å². The molecule has 3 aromatic rings. The highest BCUT2D eigenvalue weighted by Crippen LogP contribution is 2.37. The molecule has 2 nitrogen and oxygen atoms in total. The molecule has 0 radical (unpaired) electrons. The van der Waals surface area contributed by atoms with Crippen molar-refractivity contribution in [1.82, 2.24) is 5.32 Å². The summed E-state index contributed by atoms with van der Waals surface area (Å²) >= 11 is 0. The summed E-state index contributed by atoms with van der Waals surface area (Å²) in [7, 11) is 1.83. The number of rotatable bonds is 8. The maximum Gasteiger partial charge on any atom is 0.0398 e. The van der Waals surface area contributed by atoms with Gasteiger partial charge in [-0.2, -0.15) is 0 Å². The highest BCUT2D eigenvalue weighted by Gasteiger charge is 2.20. The lowest BCUT2D eigenvalue weighted by atomic mass is 9.93. The molecule has 4 rings (SSSR count). The predicted octanol–water partition coefficient (Wildman–Crippen LogP) is 11.5. The average molecular weight is 577 g/mol. The zero-order chi connectivity index (χ0) is 32.4. The minimum Gasteiger partial charge on any atom is -0.384 e. The highest BCUT2D eigenvalue weighted by atomic mass is 14.9. The second-order valence-electron chi connectivity index (χ2n) is 10.4. The standard InChI is InChI=1S/C27H32N2.C10H12.2C2H6/c1-6-22-11-9-12-23(14-22)18-29-24-15-26(21(4)20(3)17-28-5)27(16-24)25-13-8-7-10-19(25)2;1-8(2)10-6-4-9(3)5-7-10;2*1-2/h7-14,16-17,29H,6,15,18H2,1-5H3;4-7H,1H2,2-3H3;2*1-2H3/b21-20+,28-17?;;;. The molecule has 0 fully saturated rings. The molecule has 0 saturated heterocycles. The molecule has 0 bridgehead atoms. The van der Waals surface area contributed by atoms with Gasteiger partial charge in [-0.05, 0) is 97.2 Å². The normalized spacial score (nSPS) is 12.6. The van der Waals surface area contributed by atoms with Crippen LogP contribution in [0.4, 0.5) is 0 Å². The van der Waals surface area contributed by atoms with E-state index in [2.05, 4.69) is 130 Å². The highest BCUT2D eigenvalue weighted by molar-refractivity contribution is 5.88. The third-order valence-corrected chi connectivity index (χ3v) is 7.28. The van der Waals surface area contributed by atoms with Crippen LogP contribution in [0.1, 0.15) is 95.2 Å². The van der Waals surface area contributed by atoms with Gasteiger partial charge < -0.3 is 5.32 Å². The summed E-state index contributed by atoms with van der Waals surface area (Å²) < 4.78 is 0. The Bertz CT molecular complexity index is 1410. The summed E-state index contributed by atoms with van der Waals surface area (Å²) in [6, 6.07) is 25.9. The van der Waals surface area contributed by atoms with Gasteiger partial charge in [0.05, 0.1) is 0 Å². The Kier molecular flexibility index (Phi) is 17.3. The van der Waals surface area contributed by atoms with E-state index in [0.717, 1.165) is 25.0 Å². The van der Waals surface area contributed by atoms with Gasteiger partial charge in [0.1, 0.15) is 0 Å². The lowest BCUT2D eigenvalue weighted by molar-refractivity contribution is 0.787. The van der Waals surface area contributed by atoms with Crippen LogP contribution < -0.4 is 5.32 Å². The molecule has 1 N–H and O–H groups in total. The van der Waals surface area contributed by atoms with Gasteiger partial charge in [0.2, 0.25) is 0 Å². The van der Waals surface area contributed by atoms with Gasteiger partial charge in [-0.3, -0.25) is 4.99 Å². The zero-order valence-electron chi connectivity index (χ0n) is 28.9. The summed E-state index contributed by atoms with van der Waals surface area (Å²) in [5, 5.41) is 3.69. The molecule has 230 valence electrons. The van der Waals surface area contributed by atoms with Gasteiger partial charge in [-0.25, -0.2) is 0 Å². The second-order valence-corrected chi connectivity index (χ2v) is 10.4. The first-order valence-corrected chi connectivity index (χ1v) is 15.9. The van der Waals surface area contributed by atoms with Crippen LogP contribution in [0.3, 0.4) is 0 Å². The van der Waals surface area contributed by atoms with E-state index in [1.54, 1.807) is 0 Å². The summed E-state index contributed by atoms with van der Waals surface area (Å²) in [5.74, 6) is 0. The van der Waals surface area contributed by atoms with E-state index >= 15 is 0 Å². The summed E-state index contributed by atoms with van der Waals surface area (Å²) in [5.41, 5.74) is 15.5.